The number of nitrogens with zero attached hydrogens (tertiary/aromatic N) is 1. The summed E-state index contributed by atoms with van der Waals surface area (Å²) < 4.78 is 10.7. The number of phenolic OH excluding ortho intramolecular Hbond substituents is 1. The molecule has 1 aliphatic heterocycles. The summed E-state index contributed by atoms with van der Waals surface area (Å²) in [6, 6.07) is 17.8. The van der Waals surface area contributed by atoms with Gasteiger partial charge in [0.05, 0.1) is 30.4 Å². The van der Waals surface area contributed by atoms with Gasteiger partial charge in [-0.2, -0.15) is 0 Å². The number of hydrogen-bond acceptors (Lipinski definition) is 7. The van der Waals surface area contributed by atoms with Crippen LogP contribution >= 0.6 is 0 Å². The second kappa shape index (κ2) is 11.0. The Morgan fingerprint density at radius 2 is 1.68 bits per heavy atom. The number of aromatic hydroxyl groups is 1. The van der Waals surface area contributed by atoms with Crippen LogP contribution in [0.4, 0.5) is 5.69 Å². The van der Waals surface area contributed by atoms with Crippen LogP contribution in [0.15, 0.2) is 78.4 Å². The zero-order chi connectivity index (χ0) is 26.5. The van der Waals surface area contributed by atoms with Gasteiger partial charge in [-0.05, 0) is 61.4 Å². The van der Waals surface area contributed by atoms with E-state index >= 15 is 0 Å². The van der Waals surface area contributed by atoms with Crippen LogP contribution in [0, 0.1) is 0 Å². The molecule has 0 aliphatic carbocycles. The van der Waals surface area contributed by atoms with Crippen LogP contribution in [0.2, 0.25) is 0 Å². The van der Waals surface area contributed by atoms with Crippen molar-refractivity contribution < 1.29 is 34.1 Å². The largest absolute Gasteiger partial charge is 0.508 e. The first kappa shape index (κ1) is 25.5. The molecule has 0 saturated carbocycles. The lowest BCUT2D eigenvalue weighted by atomic mass is 9.95. The van der Waals surface area contributed by atoms with Gasteiger partial charge in [0.15, 0.2) is 0 Å². The van der Waals surface area contributed by atoms with Crippen LogP contribution in [0.3, 0.4) is 0 Å². The van der Waals surface area contributed by atoms with Crippen molar-refractivity contribution in [1.29, 1.82) is 0 Å². The van der Waals surface area contributed by atoms with E-state index in [1.807, 2.05) is 6.92 Å². The summed E-state index contributed by atoms with van der Waals surface area (Å²) in [5.41, 5.74) is 1.03. The maximum Gasteiger partial charge on any atom is 0.338 e. The van der Waals surface area contributed by atoms with Crippen molar-refractivity contribution in [2.24, 2.45) is 0 Å². The number of ether oxygens (including phenoxy) is 2. The van der Waals surface area contributed by atoms with Crippen molar-refractivity contribution in [3.63, 3.8) is 0 Å². The minimum Gasteiger partial charge on any atom is -0.508 e. The summed E-state index contributed by atoms with van der Waals surface area (Å²) in [4.78, 5) is 40.3. The van der Waals surface area contributed by atoms with E-state index in [9.17, 15) is 24.6 Å². The first-order chi connectivity index (χ1) is 17.8. The maximum absolute atomic E-state index is 13.4. The van der Waals surface area contributed by atoms with Crippen LogP contribution < -0.4 is 9.64 Å². The minimum atomic E-state index is -1.07. The lowest BCUT2D eigenvalue weighted by Crippen LogP contribution is -2.29. The fourth-order valence-electron chi connectivity index (χ4n) is 4.21. The molecule has 8 heteroatoms. The van der Waals surface area contributed by atoms with Gasteiger partial charge in [-0.3, -0.25) is 14.5 Å². The summed E-state index contributed by atoms with van der Waals surface area (Å²) >= 11 is 0. The number of amides is 1. The van der Waals surface area contributed by atoms with Gasteiger partial charge in [-0.15, -0.1) is 0 Å². The third kappa shape index (κ3) is 5.18. The van der Waals surface area contributed by atoms with Crippen molar-refractivity contribution in [2.75, 3.05) is 18.1 Å². The topological polar surface area (TPSA) is 113 Å². The van der Waals surface area contributed by atoms with E-state index < -0.39 is 23.7 Å². The minimum absolute atomic E-state index is 0.0710. The number of aliphatic hydroxyl groups is 1. The first-order valence-electron chi connectivity index (χ1n) is 12.0. The highest BCUT2D eigenvalue weighted by Gasteiger charge is 2.47. The molecule has 190 valence electrons. The molecule has 1 aliphatic rings. The molecule has 0 spiro atoms. The Hall–Kier alpha value is -4.59. The van der Waals surface area contributed by atoms with Gasteiger partial charge >= 0.3 is 5.97 Å². The van der Waals surface area contributed by atoms with Gasteiger partial charge in [-0.1, -0.05) is 37.3 Å². The lowest BCUT2D eigenvalue weighted by molar-refractivity contribution is -0.132. The summed E-state index contributed by atoms with van der Waals surface area (Å²) in [6.45, 7) is 4.31. The number of aliphatic hydroxyl groups excluding tert-OH is 1. The van der Waals surface area contributed by atoms with E-state index in [-0.39, 0.29) is 34.9 Å². The fourth-order valence-corrected chi connectivity index (χ4v) is 4.21. The second-order valence-corrected chi connectivity index (χ2v) is 8.41. The molecule has 4 rings (SSSR count). The van der Waals surface area contributed by atoms with E-state index in [4.69, 9.17) is 9.47 Å². The molecular weight excluding hydrogens is 474 g/mol. The smallest absolute Gasteiger partial charge is 0.338 e. The molecule has 0 bridgehead atoms. The van der Waals surface area contributed by atoms with Gasteiger partial charge in [0.2, 0.25) is 0 Å². The van der Waals surface area contributed by atoms with Crippen LogP contribution in [0.1, 0.15) is 47.8 Å². The lowest BCUT2D eigenvalue weighted by Gasteiger charge is -2.26. The monoisotopic (exact) mass is 501 g/mol. The third-order valence-electron chi connectivity index (χ3n) is 5.85. The molecule has 1 unspecified atom stereocenters. The zero-order valence-electron chi connectivity index (χ0n) is 20.5. The molecule has 1 saturated heterocycles. The number of phenols is 1. The van der Waals surface area contributed by atoms with Crippen molar-refractivity contribution in [2.45, 2.75) is 26.3 Å². The molecule has 1 atom stereocenters. The Labute approximate surface area is 214 Å². The highest BCUT2D eigenvalue weighted by atomic mass is 16.5. The summed E-state index contributed by atoms with van der Waals surface area (Å²) in [5.74, 6) is -2.28. The number of hydrogen-bond donors (Lipinski definition) is 2. The Bertz CT molecular complexity index is 1380. The Balaban J connectivity index is 1.88. The molecule has 1 heterocycles. The van der Waals surface area contributed by atoms with E-state index in [1.54, 1.807) is 61.5 Å². The molecular formula is C29H27NO7. The van der Waals surface area contributed by atoms with E-state index in [1.165, 1.54) is 23.1 Å². The highest BCUT2D eigenvalue weighted by molar-refractivity contribution is 6.51. The Morgan fingerprint density at radius 1 is 0.946 bits per heavy atom. The van der Waals surface area contributed by atoms with Gasteiger partial charge in [0, 0.05) is 11.3 Å². The number of benzene rings is 3. The number of carbonyl (C=O) groups excluding carboxylic acids is 3. The molecule has 1 amide bonds. The SMILES string of the molecule is CCCOc1cccc(/C(O)=C2\C(=O)C(=O)N(c3cccc(C(=O)OCC)c3)C2c2cccc(O)c2)c1. The third-order valence-corrected chi connectivity index (χ3v) is 5.85. The second-order valence-electron chi connectivity index (χ2n) is 8.41. The molecule has 37 heavy (non-hydrogen) atoms. The van der Waals surface area contributed by atoms with E-state index in [2.05, 4.69) is 0 Å². The van der Waals surface area contributed by atoms with Crippen LogP contribution in [-0.4, -0.2) is 41.1 Å². The van der Waals surface area contributed by atoms with Crippen LogP contribution in [-0.2, 0) is 14.3 Å². The predicted octanol–water partition coefficient (Wildman–Crippen LogP) is 4.98. The average Bonchev–Trinajstić information content (AvgIpc) is 3.17. The van der Waals surface area contributed by atoms with Gasteiger partial charge in [0.1, 0.15) is 17.3 Å². The van der Waals surface area contributed by atoms with Crippen molar-refractivity contribution in [3.8, 4) is 11.5 Å². The first-order valence-corrected chi connectivity index (χ1v) is 12.0. The summed E-state index contributed by atoms with van der Waals surface area (Å²) in [7, 11) is 0. The van der Waals surface area contributed by atoms with Crippen molar-refractivity contribution >= 4 is 29.1 Å². The standard InChI is InChI=1S/C29H27NO7/c1-3-14-37-23-13-7-9-19(17-23)26(32)24-25(18-8-6-12-22(31)16-18)30(28(34)27(24)33)21-11-5-10-20(15-21)29(35)36-4-2/h5-13,15-17,25,31-32H,3-4,14H2,1-2H3/b26-24+. The quantitative estimate of drug-likeness (QED) is 0.194. The average molecular weight is 502 g/mol. The molecule has 0 radical (unpaired) electrons. The van der Waals surface area contributed by atoms with Crippen molar-refractivity contribution in [3.05, 3.63) is 95.1 Å². The Kier molecular flexibility index (Phi) is 7.57. The number of rotatable bonds is 8. The van der Waals surface area contributed by atoms with Crippen LogP contribution in [0.5, 0.6) is 11.5 Å². The van der Waals surface area contributed by atoms with Crippen LogP contribution in [0.25, 0.3) is 5.76 Å². The molecule has 0 aromatic heterocycles. The molecule has 8 nitrogen and oxygen atoms in total. The number of anilines is 1. The maximum atomic E-state index is 13.4. The molecule has 1 fully saturated rings. The van der Waals surface area contributed by atoms with Crippen molar-refractivity contribution in [1.82, 2.24) is 0 Å². The zero-order valence-corrected chi connectivity index (χ0v) is 20.5. The molecule has 3 aromatic carbocycles. The summed E-state index contributed by atoms with van der Waals surface area (Å²) in [6.07, 6.45) is 0.795. The number of ketones is 1. The fraction of sp³-hybridized carbons (Fsp3) is 0.207. The molecule has 2 N–H and O–H groups in total. The predicted molar refractivity (Wildman–Crippen MR) is 138 cm³/mol. The van der Waals surface area contributed by atoms with E-state index in [0.717, 1.165) is 6.42 Å². The van der Waals surface area contributed by atoms with Gasteiger partial charge < -0.3 is 19.7 Å². The highest BCUT2D eigenvalue weighted by Crippen LogP contribution is 2.43. The van der Waals surface area contributed by atoms with Gasteiger partial charge in [-0.25, -0.2) is 4.79 Å². The number of Topliss-reactive ketones (excluding diaryl/α,β-unsaturated/α-hetero) is 1. The number of esters is 1. The van der Waals surface area contributed by atoms with E-state index in [0.29, 0.717) is 23.5 Å². The normalized spacial score (nSPS) is 16.6. The molecule has 3 aromatic rings. The number of carbonyl (C=O) groups is 3. The van der Waals surface area contributed by atoms with Gasteiger partial charge in [0.25, 0.3) is 11.7 Å². The summed E-state index contributed by atoms with van der Waals surface area (Å²) in [5, 5.41) is 21.5. The Morgan fingerprint density at radius 3 is 2.41 bits per heavy atom.